The van der Waals surface area contributed by atoms with Crippen molar-refractivity contribution < 1.29 is 9.21 Å². The minimum atomic E-state index is -0.587. The number of hydrogen-bond acceptors (Lipinski definition) is 4. The van der Waals surface area contributed by atoms with Gasteiger partial charge in [-0.05, 0) is 24.1 Å². The van der Waals surface area contributed by atoms with E-state index in [1.807, 2.05) is 12.1 Å². The molecule has 0 bridgehead atoms. The minimum Gasteiger partial charge on any atom is -0.408 e. The number of aromatic nitrogens is 1. The fourth-order valence-electron chi connectivity index (χ4n) is 1.97. The second kappa shape index (κ2) is 4.89. The predicted molar refractivity (Wildman–Crippen MR) is 71.8 cm³/mol. The van der Waals surface area contributed by atoms with E-state index in [4.69, 9.17) is 10.2 Å². The molecular formula is C13H17N3O3. The van der Waals surface area contributed by atoms with Crippen LogP contribution in [-0.4, -0.2) is 35.5 Å². The molecule has 2 rings (SSSR count). The van der Waals surface area contributed by atoms with E-state index in [0.29, 0.717) is 17.5 Å². The van der Waals surface area contributed by atoms with Gasteiger partial charge in [-0.3, -0.25) is 9.36 Å². The number of nitrogens with two attached hydrogens (primary N) is 1. The van der Waals surface area contributed by atoms with E-state index >= 15 is 0 Å². The number of hydrogen-bond donors (Lipinski definition) is 1. The SMILES string of the molecule is CN(C)C(=O)C(N)Cc1ccc2oc(=O)n(C)c2c1. The van der Waals surface area contributed by atoms with Gasteiger partial charge in [0.1, 0.15) is 0 Å². The third kappa shape index (κ3) is 2.53. The molecule has 6 heteroatoms. The van der Waals surface area contributed by atoms with E-state index in [1.165, 1.54) is 9.47 Å². The average Bonchev–Trinajstić information content (AvgIpc) is 2.64. The number of carbonyl (C=O) groups is 1. The first-order chi connectivity index (χ1) is 8.90. The number of likely N-dealkylation sites (N-methyl/N-ethyl adjacent to an activating group) is 1. The Morgan fingerprint density at radius 1 is 1.47 bits per heavy atom. The Kier molecular flexibility index (Phi) is 3.44. The summed E-state index contributed by atoms with van der Waals surface area (Å²) < 4.78 is 6.47. The average molecular weight is 263 g/mol. The standard InChI is InChI=1S/C13H17N3O3/c1-15(2)12(17)9(14)6-8-4-5-11-10(7-8)16(3)13(18)19-11/h4-5,7,9H,6,14H2,1-3H3. The Labute approximate surface area is 110 Å². The Hall–Kier alpha value is -2.08. The van der Waals surface area contributed by atoms with Gasteiger partial charge < -0.3 is 15.1 Å². The number of carbonyl (C=O) groups excluding carboxylic acids is 1. The number of amides is 1. The van der Waals surface area contributed by atoms with E-state index in [1.54, 1.807) is 27.2 Å². The van der Waals surface area contributed by atoms with Gasteiger partial charge in [0.25, 0.3) is 0 Å². The molecule has 0 aliphatic carbocycles. The molecule has 0 aliphatic rings. The summed E-state index contributed by atoms with van der Waals surface area (Å²) in [4.78, 5) is 24.6. The lowest BCUT2D eigenvalue weighted by molar-refractivity contribution is -0.130. The summed E-state index contributed by atoms with van der Waals surface area (Å²) in [6, 6.07) is 4.77. The number of benzene rings is 1. The summed E-state index contributed by atoms with van der Waals surface area (Å²) in [5, 5.41) is 0. The fraction of sp³-hybridized carbons (Fsp3) is 0.385. The molecule has 1 aromatic carbocycles. The molecule has 0 aliphatic heterocycles. The van der Waals surface area contributed by atoms with E-state index in [0.717, 1.165) is 5.56 Å². The van der Waals surface area contributed by atoms with Gasteiger partial charge in [0.15, 0.2) is 5.58 Å². The lowest BCUT2D eigenvalue weighted by atomic mass is 10.1. The number of rotatable bonds is 3. The highest BCUT2D eigenvalue weighted by molar-refractivity contribution is 5.81. The number of nitrogens with zero attached hydrogens (tertiary/aromatic N) is 2. The van der Waals surface area contributed by atoms with Gasteiger partial charge in [0.2, 0.25) is 5.91 Å². The van der Waals surface area contributed by atoms with Gasteiger partial charge in [-0.15, -0.1) is 0 Å². The van der Waals surface area contributed by atoms with Crippen molar-refractivity contribution >= 4 is 17.0 Å². The zero-order valence-electron chi connectivity index (χ0n) is 11.2. The van der Waals surface area contributed by atoms with Crippen LogP contribution in [-0.2, 0) is 18.3 Å². The zero-order valence-corrected chi connectivity index (χ0v) is 11.2. The highest BCUT2D eigenvalue weighted by Gasteiger charge is 2.16. The first kappa shape index (κ1) is 13.4. The largest absolute Gasteiger partial charge is 0.419 e. The molecule has 6 nitrogen and oxygen atoms in total. The zero-order chi connectivity index (χ0) is 14.2. The molecule has 1 heterocycles. The lowest BCUT2D eigenvalue weighted by Crippen LogP contribution is -2.41. The van der Waals surface area contributed by atoms with Gasteiger partial charge in [0.05, 0.1) is 11.6 Å². The third-order valence-electron chi connectivity index (χ3n) is 3.07. The van der Waals surface area contributed by atoms with Crippen LogP contribution in [0.4, 0.5) is 0 Å². The number of fused-ring (bicyclic) bond motifs is 1. The molecule has 19 heavy (non-hydrogen) atoms. The normalized spacial score (nSPS) is 12.6. The summed E-state index contributed by atoms with van der Waals surface area (Å²) in [6.45, 7) is 0. The molecule has 0 radical (unpaired) electrons. The van der Waals surface area contributed by atoms with Gasteiger partial charge in [0, 0.05) is 21.1 Å². The van der Waals surface area contributed by atoms with E-state index < -0.39 is 11.8 Å². The molecule has 0 fully saturated rings. The Morgan fingerprint density at radius 3 is 2.79 bits per heavy atom. The van der Waals surface area contributed by atoms with Crippen LogP contribution in [0.2, 0.25) is 0 Å². The maximum absolute atomic E-state index is 11.7. The number of aryl methyl sites for hydroxylation is 1. The molecular weight excluding hydrogens is 246 g/mol. The molecule has 102 valence electrons. The van der Waals surface area contributed by atoms with Gasteiger partial charge in [-0.2, -0.15) is 0 Å². The molecule has 2 N–H and O–H groups in total. The van der Waals surface area contributed by atoms with Crippen molar-refractivity contribution in [3.63, 3.8) is 0 Å². The van der Waals surface area contributed by atoms with Crippen LogP contribution in [0.3, 0.4) is 0 Å². The van der Waals surface area contributed by atoms with E-state index in [-0.39, 0.29) is 5.91 Å². The molecule has 1 aromatic heterocycles. The first-order valence-corrected chi connectivity index (χ1v) is 5.95. The van der Waals surface area contributed by atoms with Crippen molar-refractivity contribution in [2.45, 2.75) is 12.5 Å². The lowest BCUT2D eigenvalue weighted by Gasteiger charge is -2.16. The summed E-state index contributed by atoms with van der Waals surface area (Å²) in [5.41, 5.74) is 7.98. The Morgan fingerprint density at radius 2 is 2.16 bits per heavy atom. The van der Waals surface area contributed by atoms with Crippen LogP contribution >= 0.6 is 0 Å². The Balaban J connectivity index is 2.29. The van der Waals surface area contributed by atoms with Gasteiger partial charge in [-0.25, -0.2) is 4.79 Å². The summed E-state index contributed by atoms with van der Waals surface area (Å²) in [5.74, 6) is -0.526. The van der Waals surface area contributed by atoms with E-state index in [9.17, 15) is 9.59 Å². The molecule has 0 spiro atoms. The molecule has 2 aromatic rings. The molecule has 1 atom stereocenters. The van der Waals surface area contributed by atoms with Crippen molar-refractivity contribution in [3.05, 3.63) is 34.3 Å². The summed E-state index contributed by atoms with van der Waals surface area (Å²) >= 11 is 0. The fourth-order valence-corrected chi connectivity index (χ4v) is 1.97. The van der Waals surface area contributed by atoms with Crippen molar-refractivity contribution in [1.29, 1.82) is 0 Å². The van der Waals surface area contributed by atoms with Crippen LogP contribution in [0, 0.1) is 0 Å². The maximum atomic E-state index is 11.7. The van der Waals surface area contributed by atoms with Crippen LogP contribution in [0.1, 0.15) is 5.56 Å². The van der Waals surface area contributed by atoms with Crippen LogP contribution in [0.25, 0.3) is 11.1 Å². The summed E-state index contributed by atoms with van der Waals surface area (Å²) in [6.07, 6.45) is 0.423. The first-order valence-electron chi connectivity index (χ1n) is 5.95. The quantitative estimate of drug-likeness (QED) is 0.851. The van der Waals surface area contributed by atoms with Gasteiger partial charge in [-0.1, -0.05) is 6.07 Å². The molecule has 1 amide bonds. The van der Waals surface area contributed by atoms with Crippen LogP contribution in [0.5, 0.6) is 0 Å². The monoisotopic (exact) mass is 263 g/mol. The highest BCUT2D eigenvalue weighted by Crippen LogP contribution is 2.15. The minimum absolute atomic E-state index is 0.124. The van der Waals surface area contributed by atoms with Gasteiger partial charge >= 0.3 is 5.76 Å². The van der Waals surface area contributed by atoms with Crippen molar-refractivity contribution in [3.8, 4) is 0 Å². The number of oxazole rings is 1. The van der Waals surface area contributed by atoms with Crippen molar-refractivity contribution in [2.75, 3.05) is 14.1 Å². The topological polar surface area (TPSA) is 81.5 Å². The smallest absolute Gasteiger partial charge is 0.408 e. The van der Waals surface area contributed by atoms with Crippen LogP contribution < -0.4 is 11.5 Å². The van der Waals surface area contributed by atoms with Crippen molar-refractivity contribution in [1.82, 2.24) is 9.47 Å². The molecule has 0 saturated carbocycles. The molecule has 0 saturated heterocycles. The maximum Gasteiger partial charge on any atom is 0.419 e. The third-order valence-corrected chi connectivity index (χ3v) is 3.07. The summed E-state index contributed by atoms with van der Waals surface area (Å²) in [7, 11) is 4.99. The molecule has 1 unspecified atom stereocenters. The highest BCUT2D eigenvalue weighted by atomic mass is 16.4. The predicted octanol–water partition coefficient (Wildman–Crippen LogP) is 0.0895. The van der Waals surface area contributed by atoms with E-state index in [2.05, 4.69) is 0 Å². The second-order valence-electron chi connectivity index (χ2n) is 4.77. The Bertz CT molecular complexity index is 669. The second-order valence-corrected chi connectivity index (χ2v) is 4.77. The van der Waals surface area contributed by atoms with Crippen molar-refractivity contribution in [2.24, 2.45) is 12.8 Å². The van der Waals surface area contributed by atoms with Crippen LogP contribution in [0.15, 0.2) is 27.4 Å².